The summed E-state index contributed by atoms with van der Waals surface area (Å²) in [6, 6.07) is 11.2. The van der Waals surface area contributed by atoms with Crippen LogP contribution in [0.5, 0.6) is 0 Å². The highest BCUT2D eigenvalue weighted by Gasteiger charge is 2.22. The molecule has 1 aliphatic carbocycles. The van der Waals surface area contributed by atoms with Crippen molar-refractivity contribution in [3.05, 3.63) is 35.7 Å². The first-order chi connectivity index (χ1) is 8.90. The molecule has 1 saturated carbocycles. The average Bonchev–Trinajstić information content (AvgIpc) is 2.91. The summed E-state index contributed by atoms with van der Waals surface area (Å²) in [4.78, 5) is 0. The number of rotatable bonds is 3. The Labute approximate surface area is 109 Å². The third-order valence-corrected chi connectivity index (χ3v) is 4.24. The van der Waals surface area contributed by atoms with Crippen molar-refractivity contribution in [3.63, 3.8) is 0 Å². The van der Waals surface area contributed by atoms with Gasteiger partial charge in [0.25, 0.3) is 0 Å². The van der Waals surface area contributed by atoms with Crippen LogP contribution in [-0.4, -0.2) is 16.2 Å². The van der Waals surface area contributed by atoms with Gasteiger partial charge in [0.15, 0.2) is 0 Å². The molecule has 0 bridgehead atoms. The van der Waals surface area contributed by atoms with Crippen LogP contribution >= 0.6 is 11.3 Å². The molecule has 90 valence electrons. The summed E-state index contributed by atoms with van der Waals surface area (Å²) in [5.41, 5.74) is 2.34. The number of H-pyrrole nitrogens is 1. The van der Waals surface area contributed by atoms with Crippen molar-refractivity contribution in [3.8, 4) is 11.3 Å². The first kappa shape index (κ1) is 10.1. The van der Waals surface area contributed by atoms with Crippen molar-refractivity contribution in [1.82, 2.24) is 10.2 Å². The van der Waals surface area contributed by atoms with Crippen LogP contribution in [0, 0.1) is 0 Å². The summed E-state index contributed by atoms with van der Waals surface area (Å²) in [7, 11) is 0. The first-order valence-electron chi connectivity index (χ1n) is 6.19. The smallest absolute Gasteiger partial charge is 0.148 e. The van der Waals surface area contributed by atoms with E-state index < -0.39 is 0 Å². The quantitative estimate of drug-likeness (QED) is 0.746. The van der Waals surface area contributed by atoms with Crippen LogP contribution in [-0.2, 0) is 0 Å². The monoisotopic (exact) mass is 255 g/mol. The number of aromatic nitrogens is 2. The number of anilines is 1. The largest absolute Gasteiger partial charge is 0.366 e. The van der Waals surface area contributed by atoms with Crippen LogP contribution in [0.3, 0.4) is 0 Å². The number of fused-ring (bicyclic) bond motifs is 1. The molecule has 1 aliphatic rings. The zero-order chi connectivity index (χ0) is 11.9. The SMILES string of the molecule is c1ccc2c(-c3cc(NC4CC4)n[nH]3)csc2c1. The van der Waals surface area contributed by atoms with E-state index in [-0.39, 0.29) is 0 Å². The Bertz CT molecular complexity index is 694. The van der Waals surface area contributed by atoms with Crippen molar-refractivity contribution >= 4 is 27.2 Å². The van der Waals surface area contributed by atoms with Crippen molar-refractivity contribution in [2.24, 2.45) is 0 Å². The Kier molecular flexibility index (Phi) is 2.17. The van der Waals surface area contributed by atoms with E-state index in [1.807, 2.05) is 0 Å². The molecular weight excluding hydrogens is 242 g/mol. The summed E-state index contributed by atoms with van der Waals surface area (Å²) in [6.45, 7) is 0. The highest BCUT2D eigenvalue weighted by Crippen LogP contribution is 2.34. The van der Waals surface area contributed by atoms with Crippen molar-refractivity contribution in [1.29, 1.82) is 0 Å². The van der Waals surface area contributed by atoms with E-state index in [1.54, 1.807) is 11.3 Å². The standard InChI is InChI=1S/C14H13N3S/c1-2-4-13-10(3-1)11(8-18-13)12-7-14(17-16-12)15-9-5-6-9/h1-4,7-9H,5-6H2,(H2,15,16,17). The van der Waals surface area contributed by atoms with Gasteiger partial charge in [0.05, 0.1) is 5.69 Å². The van der Waals surface area contributed by atoms with Crippen LogP contribution in [0.1, 0.15) is 12.8 Å². The fourth-order valence-electron chi connectivity index (χ4n) is 2.16. The highest BCUT2D eigenvalue weighted by atomic mass is 32.1. The van der Waals surface area contributed by atoms with Gasteiger partial charge in [0.2, 0.25) is 0 Å². The van der Waals surface area contributed by atoms with Crippen LogP contribution in [0.15, 0.2) is 35.7 Å². The molecule has 0 amide bonds. The van der Waals surface area contributed by atoms with Crippen LogP contribution < -0.4 is 5.32 Å². The van der Waals surface area contributed by atoms with Crippen molar-refractivity contribution in [2.45, 2.75) is 18.9 Å². The fraction of sp³-hybridized carbons (Fsp3) is 0.214. The van der Waals surface area contributed by atoms with Crippen molar-refractivity contribution in [2.75, 3.05) is 5.32 Å². The maximum Gasteiger partial charge on any atom is 0.148 e. The van der Waals surface area contributed by atoms with Gasteiger partial charge in [0, 0.05) is 33.1 Å². The number of benzene rings is 1. The summed E-state index contributed by atoms with van der Waals surface area (Å²) in [5.74, 6) is 0.961. The van der Waals surface area contributed by atoms with E-state index >= 15 is 0 Å². The number of nitrogens with zero attached hydrogens (tertiary/aromatic N) is 1. The maximum atomic E-state index is 4.33. The molecule has 2 N–H and O–H groups in total. The number of nitrogens with one attached hydrogen (secondary N) is 2. The lowest BCUT2D eigenvalue weighted by Gasteiger charge is -1.96. The number of hydrogen-bond donors (Lipinski definition) is 2. The summed E-state index contributed by atoms with van der Waals surface area (Å²) in [6.07, 6.45) is 2.53. The van der Waals surface area contributed by atoms with Gasteiger partial charge in [-0.2, -0.15) is 5.10 Å². The minimum absolute atomic E-state index is 0.639. The Morgan fingerprint density at radius 1 is 1.28 bits per heavy atom. The molecular formula is C14H13N3S. The van der Waals surface area contributed by atoms with E-state index in [0.29, 0.717) is 6.04 Å². The molecule has 0 unspecified atom stereocenters. The summed E-state index contributed by atoms with van der Waals surface area (Å²) < 4.78 is 1.32. The third-order valence-electron chi connectivity index (χ3n) is 3.28. The predicted molar refractivity (Wildman–Crippen MR) is 76.1 cm³/mol. The van der Waals surface area contributed by atoms with E-state index in [9.17, 15) is 0 Å². The lowest BCUT2D eigenvalue weighted by molar-refractivity contribution is 1.05. The molecule has 18 heavy (non-hydrogen) atoms. The molecule has 0 aliphatic heterocycles. The molecule has 0 spiro atoms. The van der Waals surface area contributed by atoms with Crippen LogP contribution in [0.4, 0.5) is 5.82 Å². The lowest BCUT2D eigenvalue weighted by Crippen LogP contribution is -2.00. The molecule has 2 heterocycles. The average molecular weight is 255 g/mol. The maximum absolute atomic E-state index is 4.33. The van der Waals surface area contributed by atoms with Gasteiger partial charge >= 0.3 is 0 Å². The second kappa shape index (κ2) is 3.85. The third kappa shape index (κ3) is 1.69. The molecule has 4 rings (SSSR count). The molecule has 4 heteroatoms. The van der Waals surface area contributed by atoms with Gasteiger partial charge in [-0.15, -0.1) is 11.3 Å². The minimum Gasteiger partial charge on any atom is -0.366 e. The molecule has 0 atom stereocenters. The Morgan fingerprint density at radius 2 is 2.17 bits per heavy atom. The molecule has 2 aromatic heterocycles. The molecule has 0 saturated heterocycles. The zero-order valence-electron chi connectivity index (χ0n) is 9.81. The molecule has 1 aromatic carbocycles. The molecule has 0 radical (unpaired) electrons. The Hall–Kier alpha value is -1.81. The number of aromatic amines is 1. The van der Waals surface area contributed by atoms with Gasteiger partial charge in [-0.25, -0.2) is 0 Å². The predicted octanol–water partition coefficient (Wildman–Crippen LogP) is 3.87. The number of hydrogen-bond acceptors (Lipinski definition) is 3. The molecule has 1 fully saturated rings. The normalized spacial score (nSPS) is 15.1. The Balaban J connectivity index is 1.74. The molecule has 3 nitrogen and oxygen atoms in total. The summed E-state index contributed by atoms with van der Waals surface area (Å²) in [5, 5.41) is 14.4. The van der Waals surface area contributed by atoms with Gasteiger partial charge in [0.1, 0.15) is 5.82 Å². The van der Waals surface area contributed by atoms with Gasteiger partial charge < -0.3 is 5.32 Å². The van der Waals surface area contributed by atoms with E-state index in [4.69, 9.17) is 0 Å². The minimum atomic E-state index is 0.639. The van der Waals surface area contributed by atoms with Gasteiger partial charge in [-0.05, 0) is 18.9 Å². The first-order valence-corrected chi connectivity index (χ1v) is 7.07. The van der Waals surface area contributed by atoms with Crippen molar-refractivity contribution < 1.29 is 0 Å². The Morgan fingerprint density at radius 3 is 3.06 bits per heavy atom. The van der Waals surface area contributed by atoms with Gasteiger partial charge in [-0.3, -0.25) is 5.10 Å². The summed E-state index contributed by atoms with van der Waals surface area (Å²) >= 11 is 1.78. The fourth-order valence-corrected chi connectivity index (χ4v) is 3.12. The van der Waals surface area contributed by atoms with E-state index in [0.717, 1.165) is 11.5 Å². The molecule has 3 aromatic rings. The lowest BCUT2D eigenvalue weighted by atomic mass is 10.1. The van der Waals surface area contributed by atoms with Gasteiger partial charge in [-0.1, -0.05) is 18.2 Å². The second-order valence-electron chi connectivity index (χ2n) is 4.73. The van der Waals surface area contributed by atoms with E-state index in [1.165, 1.54) is 28.5 Å². The van der Waals surface area contributed by atoms with Crippen LogP contribution in [0.2, 0.25) is 0 Å². The zero-order valence-corrected chi connectivity index (χ0v) is 10.6. The topological polar surface area (TPSA) is 40.7 Å². The second-order valence-corrected chi connectivity index (χ2v) is 5.64. The van der Waals surface area contributed by atoms with E-state index in [2.05, 4.69) is 51.2 Å². The number of thiophene rings is 1. The van der Waals surface area contributed by atoms with Crippen LogP contribution in [0.25, 0.3) is 21.3 Å². The highest BCUT2D eigenvalue weighted by molar-refractivity contribution is 7.17.